The lowest BCUT2D eigenvalue weighted by molar-refractivity contribution is -0.115. The first-order valence-corrected chi connectivity index (χ1v) is 11.2. The number of anilines is 1. The lowest BCUT2D eigenvalue weighted by Gasteiger charge is -2.13. The minimum absolute atomic E-state index is 0.0453. The van der Waals surface area contributed by atoms with Gasteiger partial charge in [-0.25, -0.2) is 17.6 Å². The smallest absolute Gasteiger partial charge is 0.325 e. The molecule has 4 rings (SSSR count). The number of hydrogen-bond acceptors (Lipinski definition) is 4. The molecular weight excluding hydrogens is 433 g/mol. The maximum atomic E-state index is 13.5. The quantitative estimate of drug-likeness (QED) is 0.503. The number of rotatable bonds is 5. The van der Waals surface area contributed by atoms with Gasteiger partial charge in [0.05, 0.1) is 32.9 Å². The molecule has 0 radical (unpaired) electrons. The highest BCUT2D eigenvalue weighted by atomic mass is 32.2. The number of nitrogens with one attached hydrogen (secondary N) is 1. The summed E-state index contributed by atoms with van der Waals surface area (Å²) in [6.45, 7) is 0. The summed E-state index contributed by atoms with van der Waals surface area (Å²) in [7, 11) is -0.895. The van der Waals surface area contributed by atoms with Crippen LogP contribution in [0.25, 0.3) is 11.0 Å². The van der Waals surface area contributed by atoms with Gasteiger partial charge in [0.2, 0.25) is 15.7 Å². The third-order valence-electron chi connectivity index (χ3n) is 5.24. The van der Waals surface area contributed by atoms with Gasteiger partial charge >= 0.3 is 5.69 Å². The van der Waals surface area contributed by atoms with Gasteiger partial charge in [-0.15, -0.1) is 0 Å². The van der Waals surface area contributed by atoms with E-state index in [-0.39, 0.29) is 27.6 Å². The zero-order valence-corrected chi connectivity index (χ0v) is 18.2. The lowest BCUT2D eigenvalue weighted by Crippen LogP contribution is -2.19. The van der Waals surface area contributed by atoms with Crippen molar-refractivity contribution < 1.29 is 17.6 Å². The molecule has 0 bridgehead atoms. The molecule has 1 aromatic heterocycles. The van der Waals surface area contributed by atoms with Crippen molar-refractivity contribution in [1.29, 1.82) is 0 Å². The summed E-state index contributed by atoms with van der Waals surface area (Å²) in [6.07, 6.45) is -0.145. The van der Waals surface area contributed by atoms with Gasteiger partial charge in [0.25, 0.3) is 0 Å². The number of benzene rings is 3. The number of carbonyl (C=O) groups excluding carboxylic acids is 1. The topological polar surface area (TPSA) is 90.2 Å². The third kappa shape index (κ3) is 3.82. The largest absolute Gasteiger partial charge is 0.328 e. The van der Waals surface area contributed by atoms with Crippen molar-refractivity contribution >= 4 is 32.5 Å². The van der Waals surface area contributed by atoms with Crippen molar-refractivity contribution in [3.63, 3.8) is 0 Å². The van der Waals surface area contributed by atoms with Crippen LogP contribution < -0.4 is 11.0 Å². The second kappa shape index (κ2) is 8.08. The van der Waals surface area contributed by atoms with Gasteiger partial charge in [0, 0.05) is 14.1 Å². The first-order chi connectivity index (χ1) is 15.2. The molecule has 0 aliphatic carbocycles. The fourth-order valence-corrected chi connectivity index (χ4v) is 5.04. The Bertz CT molecular complexity index is 1510. The Morgan fingerprint density at radius 1 is 0.938 bits per heavy atom. The van der Waals surface area contributed by atoms with Gasteiger partial charge in [-0.1, -0.05) is 30.3 Å². The van der Waals surface area contributed by atoms with E-state index in [4.69, 9.17) is 0 Å². The van der Waals surface area contributed by atoms with Crippen LogP contribution in [0, 0.1) is 5.82 Å². The number of aryl methyl sites for hydroxylation is 2. The van der Waals surface area contributed by atoms with Crippen molar-refractivity contribution in [3.05, 3.63) is 88.6 Å². The predicted octanol–water partition coefficient (Wildman–Crippen LogP) is 3.03. The van der Waals surface area contributed by atoms with E-state index in [0.717, 1.165) is 0 Å². The fraction of sp³-hybridized carbons (Fsp3) is 0.130. The number of sulfone groups is 1. The van der Waals surface area contributed by atoms with E-state index in [1.54, 1.807) is 38.4 Å². The summed E-state index contributed by atoms with van der Waals surface area (Å²) in [4.78, 5) is 25.0. The maximum absolute atomic E-state index is 13.5. The number of hydrogen-bond donors (Lipinski definition) is 1. The number of imidazole rings is 1. The van der Waals surface area contributed by atoms with E-state index in [1.807, 2.05) is 0 Å². The molecule has 0 aliphatic heterocycles. The Labute approximate surface area is 183 Å². The Morgan fingerprint density at radius 3 is 2.25 bits per heavy atom. The second-order valence-corrected chi connectivity index (χ2v) is 9.33. The number of halogens is 1. The SMILES string of the molecule is Cn1c(=O)n(C)c2cc(S(=O)(=O)c3ccccc3)c(NC(=O)Cc3cccc(F)c3)cc21. The molecular formula is C23H20FN3O4S. The molecule has 1 N–H and O–H groups in total. The van der Waals surface area contributed by atoms with Crippen molar-refractivity contribution in [2.24, 2.45) is 14.1 Å². The van der Waals surface area contributed by atoms with Gasteiger partial charge in [-0.3, -0.25) is 13.9 Å². The van der Waals surface area contributed by atoms with Gasteiger partial charge in [-0.2, -0.15) is 0 Å². The highest BCUT2D eigenvalue weighted by Gasteiger charge is 2.25. The molecule has 3 aromatic carbocycles. The summed E-state index contributed by atoms with van der Waals surface area (Å²) in [5, 5.41) is 2.64. The maximum Gasteiger partial charge on any atom is 0.328 e. The molecule has 0 saturated heterocycles. The summed E-state index contributed by atoms with van der Waals surface area (Å²) < 4.78 is 43.0. The molecule has 9 heteroatoms. The molecule has 0 aliphatic rings. The molecule has 7 nitrogen and oxygen atoms in total. The van der Waals surface area contributed by atoms with E-state index in [9.17, 15) is 22.4 Å². The number of nitrogens with zero attached hydrogens (tertiary/aromatic N) is 2. The molecule has 0 spiro atoms. The van der Waals surface area contributed by atoms with Crippen LogP contribution in [0.3, 0.4) is 0 Å². The van der Waals surface area contributed by atoms with Crippen molar-refractivity contribution in [2.75, 3.05) is 5.32 Å². The molecule has 1 amide bonds. The van der Waals surface area contributed by atoms with Crippen LogP contribution in [-0.4, -0.2) is 23.5 Å². The van der Waals surface area contributed by atoms with Crippen LogP contribution in [0.2, 0.25) is 0 Å². The van der Waals surface area contributed by atoms with Crippen molar-refractivity contribution in [3.8, 4) is 0 Å². The van der Waals surface area contributed by atoms with E-state index >= 15 is 0 Å². The monoisotopic (exact) mass is 453 g/mol. The first kappa shape index (κ1) is 21.5. The van der Waals surface area contributed by atoms with Gasteiger partial charge in [0.1, 0.15) is 5.82 Å². The summed E-state index contributed by atoms with van der Waals surface area (Å²) >= 11 is 0. The van der Waals surface area contributed by atoms with Crippen LogP contribution in [-0.2, 0) is 35.1 Å². The van der Waals surface area contributed by atoms with Crippen molar-refractivity contribution in [1.82, 2.24) is 9.13 Å². The highest BCUT2D eigenvalue weighted by molar-refractivity contribution is 7.91. The van der Waals surface area contributed by atoms with Crippen LogP contribution in [0.4, 0.5) is 10.1 Å². The van der Waals surface area contributed by atoms with E-state index in [0.29, 0.717) is 16.6 Å². The van der Waals surface area contributed by atoms with E-state index in [2.05, 4.69) is 5.32 Å². The summed E-state index contributed by atoms with van der Waals surface area (Å²) in [6, 6.07) is 16.3. The molecule has 1 heterocycles. The molecule has 0 unspecified atom stereocenters. The Balaban J connectivity index is 1.84. The van der Waals surface area contributed by atoms with E-state index < -0.39 is 21.6 Å². The average molecular weight is 453 g/mol. The Morgan fingerprint density at radius 2 is 1.59 bits per heavy atom. The molecule has 0 atom stereocenters. The average Bonchev–Trinajstić information content (AvgIpc) is 2.97. The first-order valence-electron chi connectivity index (χ1n) is 9.72. The Hall–Kier alpha value is -3.72. The molecule has 32 heavy (non-hydrogen) atoms. The zero-order valence-electron chi connectivity index (χ0n) is 17.4. The number of aromatic nitrogens is 2. The third-order valence-corrected chi connectivity index (χ3v) is 7.05. The minimum atomic E-state index is -4.01. The normalized spacial score (nSPS) is 11.6. The predicted molar refractivity (Wildman–Crippen MR) is 119 cm³/mol. The van der Waals surface area contributed by atoms with E-state index in [1.165, 1.54) is 51.6 Å². The Kier molecular flexibility index (Phi) is 5.43. The number of fused-ring (bicyclic) bond motifs is 1. The molecule has 0 saturated carbocycles. The number of amides is 1. The standard InChI is InChI=1S/C23H20FN3O4S/c1-26-19-13-18(25-22(28)12-15-7-6-8-16(24)11-15)21(14-20(19)27(2)23(26)29)32(30,31)17-9-4-3-5-10-17/h3-11,13-14H,12H2,1-2H3,(H,25,28). The highest BCUT2D eigenvalue weighted by Crippen LogP contribution is 2.31. The van der Waals surface area contributed by atoms with Crippen molar-refractivity contribution in [2.45, 2.75) is 16.2 Å². The van der Waals surface area contributed by atoms with Gasteiger partial charge < -0.3 is 5.32 Å². The molecule has 164 valence electrons. The summed E-state index contributed by atoms with van der Waals surface area (Å²) in [5.74, 6) is -0.983. The van der Waals surface area contributed by atoms with Gasteiger partial charge in [0.15, 0.2) is 0 Å². The van der Waals surface area contributed by atoms with Gasteiger partial charge in [-0.05, 0) is 42.0 Å². The molecule has 4 aromatic rings. The van der Waals surface area contributed by atoms with Crippen LogP contribution in [0.15, 0.2) is 81.3 Å². The fourth-order valence-electron chi connectivity index (χ4n) is 3.60. The zero-order chi connectivity index (χ0) is 23.0. The summed E-state index contributed by atoms with van der Waals surface area (Å²) in [5.41, 5.74) is 1.04. The lowest BCUT2D eigenvalue weighted by atomic mass is 10.1. The van der Waals surface area contributed by atoms with Crippen LogP contribution >= 0.6 is 0 Å². The second-order valence-electron chi connectivity index (χ2n) is 7.41. The van der Waals surface area contributed by atoms with Crippen LogP contribution in [0.1, 0.15) is 5.56 Å². The number of carbonyl (C=O) groups is 1. The molecule has 0 fully saturated rings. The minimum Gasteiger partial charge on any atom is -0.325 e. The van der Waals surface area contributed by atoms with Crippen LogP contribution in [0.5, 0.6) is 0 Å².